The van der Waals surface area contributed by atoms with E-state index in [1.807, 2.05) is 48.5 Å². The summed E-state index contributed by atoms with van der Waals surface area (Å²) in [5.41, 5.74) is 10.1. The molecule has 70 heavy (non-hydrogen) atoms. The quantitative estimate of drug-likeness (QED) is 0.00826. The molecule has 5 rings (SSSR count). The number of nitrogens with one attached hydrogen (secondary N) is 6. The minimum atomic E-state index is -2.06. The van der Waals surface area contributed by atoms with Gasteiger partial charge in [0.15, 0.2) is 17.5 Å². The number of rotatable bonds is 22. The van der Waals surface area contributed by atoms with Gasteiger partial charge in [-0.25, -0.2) is 27.6 Å². The second kappa shape index (κ2) is 25.6. The van der Waals surface area contributed by atoms with E-state index in [0.29, 0.717) is 18.4 Å². The maximum atomic E-state index is 14.3. The van der Waals surface area contributed by atoms with Gasteiger partial charge in [-0.3, -0.25) is 19.2 Å². The summed E-state index contributed by atoms with van der Waals surface area (Å²) >= 11 is 1.07. The number of benzene rings is 4. The highest BCUT2D eigenvalue weighted by Gasteiger charge is 2.33. The third-order valence-corrected chi connectivity index (χ3v) is 12.0. The van der Waals surface area contributed by atoms with E-state index in [1.54, 1.807) is 13.8 Å². The van der Waals surface area contributed by atoms with Crippen molar-refractivity contribution in [1.29, 1.82) is 0 Å². The second-order valence-electron chi connectivity index (χ2n) is 16.5. The van der Waals surface area contributed by atoms with Crippen molar-refractivity contribution >= 4 is 70.2 Å². The SMILES string of the molecule is CC(=O)N[C@@H](CCCCNC(=O)OCC1c2ccccc2-c2ccccc21)C(=O)N[C@H](C(=O)N[C@@H](CCCNC(N)=O)C(=O)Nc1ccc(COC(=O)Oc2c(F)c(F)c(F)c(I)c2F)cc1)C(C)C. The summed E-state index contributed by atoms with van der Waals surface area (Å²) in [5, 5.41) is 15.8. The Hall–Kier alpha value is -6.98. The van der Waals surface area contributed by atoms with Crippen LogP contribution in [0.25, 0.3) is 11.1 Å². The number of primary amides is 1. The van der Waals surface area contributed by atoms with E-state index in [9.17, 15) is 51.1 Å². The summed E-state index contributed by atoms with van der Waals surface area (Å²) in [6, 6.07) is 17.3. The summed E-state index contributed by atoms with van der Waals surface area (Å²) in [6.07, 6.45) is -1.05. The second-order valence-corrected chi connectivity index (χ2v) is 17.5. The molecule has 4 aromatic rings. The van der Waals surface area contributed by atoms with E-state index in [-0.39, 0.29) is 50.6 Å². The van der Waals surface area contributed by atoms with Gasteiger partial charge < -0.3 is 51.8 Å². The minimum absolute atomic E-state index is 0.00143. The van der Waals surface area contributed by atoms with Crippen LogP contribution in [0.15, 0.2) is 72.8 Å². The molecule has 4 aromatic carbocycles. The molecular formula is C48H52F4IN7O10. The van der Waals surface area contributed by atoms with Crippen LogP contribution in [0.3, 0.4) is 0 Å². The number of alkyl carbamates (subject to hydrolysis) is 1. The average Bonchev–Trinajstić information content (AvgIpc) is 3.65. The number of fused-ring (bicyclic) bond motifs is 3. The Morgan fingerprint density at radius 2 is 1.27 bits per heavy atom. The number of amides is 7. The molecule has 0 saturated carbocycles. The van der Waals surface area contributed by atoms with Gasteiger partial charge in [-0.05, 0) is 101 Å². The van der Waals surface area contributed by atoms with Crippen molar-refractivity contribution in [2.24, 2.45) is 11.7 Å². The lowest BCUT2D eigenvalue weighted by molar-refractivity contribution is -0.133. The Morgan fingerprint density at radius 3 is 1.89 bits per heavy atom. The first-order valence-corrected chi connectivity index (χ1v) is 23.2. The molecule has 7 amide bonds. The third-order valence-electron chi connectivity index (χ3n) is 11.0. The predicted octanol–water partition coefficient (Wildman–Crippen LogP) is 6.79. The molecule has 374 valence electrons. The van der Waals surface area contributed by atoms with E-state index in [0.717, 1.165) is 44.8 Å². The molecule has 0 aliphatic heterocycles. The lowest BCUT2D eigenvalue weighted by Crippen LogP contribution is -2.57. The molecule has 0 fully saturated rings. The van der Waals surface area contributed by atoms with Crippen LogP contribution in [0.2, 0.25) is 0 Å². The number of anilines is 1. The molecule has 8 N–H and O–H groups in total. The molecule has 22 heteroatoms. The zero-order valence-electron chi connectivity index (χ0n) is 38.2. The first-order valence-electron chi connectivity index (χ1n) is 22.1. The van der Waals surface area contributed by atoms with Crippen LogP contribution in [-0.2, 0) is 35.3 Å². The van der Waals surface area contributed by atoms with Crippen molar-refractivity contribution in [2.75, 3.05) is 25.0 Å². The molecule has 0 saturated heterocycles. The van der Waals surface area contributed by atoms with Crippen molar-refractivity contribution in [3.63, 3.8) is 0 Å². The molecule has 0 spiro atoms. The number of ether oxygens (including phenoxy) is 3. The topological polar surface area (TPSA) is 245 Å². The molecule has 0 radical (unpaired) electrons. The lowest BCUT2D eigenvalue weighted by atomic mass is 9.98. The van der Waals surface area contributed by atoms with Crippen molar-refractivity contribution in [1.82, 2.24) is 26.6 Å². The minimum Gasteiger partial charge on any atom is -0.449 e. The summed E-state index contributed by atoms with van der Waals surface area (Å²) in [5.74, 6) is -12.2. The van der Waals surface area contributed by atoms with E-state index < -0.39 is 105 Å². The third kappa shape index (κ3) is 14.8. The van der Waals surface area contributed by atoms with E-state index in [2.05, 4.69) is 36.6 Å². The molecule has 1 aliphatic carbocycles. The number of carbonyl (C=O) groups excluding carboxylic acids is 7. The van der Waals surface area contributed by atoms with Gasteiger partial charge in [0.05, 0.1) is 3.57 Å². The van der Waals surface area contributed by atoms with E-state index in [1.165, 1.54) is 31.2 Å². The van der Waals surface area contributed by atoms with Crippen LogP contribution >= 0.6 is 22.6 Å². The van der Waals surface area contributed by atoms with Crippen molar-refractivity contribution in [3.8, 4) is 16.9 Å². The van der Waals surface area contributed by atoms with Crippen LogP contribution < -0.4 is 42.4 Å². The van der Waals surface area contributed by atoms with E-state index >= 15 is 0 Å². The number of unbranched alkanes of at least 4 members (excludes halogenated alkanes) is 1. The zero-order valence-corrected chi connectivity index (χ0v) is 40.4. The van der Waals surface area contributed by atoms with Crippen LogP contribution in [0.4, 0.5) is 37.6 Å². The molecule has 0 heterocycles. The smallest absolute Gasteiger partial charge is 0.449 e. The molecule has 1 aliphatic rings. The number of hydrogen-bond acceptors (Lipinski definition) is 10. The molecule has 0 unspecified atom stereocenters. The number of urea groups is 1. The lowest BCUT2D eigenvalue weighted by Gasteiger charge is -2.27. The summed E-state index contributed by atoms with van der Waals surface area (Å²) in [6.45, 7) is 4.51. The Labute approximate surface area is 413 Å². The van der Waals surface area contributed by atoms with Crippen LogP contribution in [0.1, 0.15) is 75.5 Å². The molecular weight excluding hydrogens is 1040 g/mol. The predicted molar refractivity (Wildman–Crippen MR) is 255 cm³/mol. The van der Waals surface area contributed by atoms with Gasteiger partial charge in [-0.1, -0.05) is 74.5 Å². The zero-order chi connectivity index (χ0) is 51.1. The highest BCUT2D eigenvalue weighted by atomic mass is 127. The van der Waals surface area contributed by atoms with Gasteiger partial charge in [0.25, 0.3) is 0 Å². The summed E-state index contributed by atoms with van der Waals surface area (Å²) < 4.78 is 69.6. The highest BCUT2D eigenvalue weighted by molar-refractivity contribution is 14.1. The van der Waals surface area contributed by atoms with Crippen LogP contribution in [-0.4, -0.2) is 79.7 Å². The number of halogens is 5. The van der Waals surface area contributed by atoms with Gasteiger partial charge in [-0.2, -0.15) is 4.39 Å². The molecule has 0 aromatic heterocycles. The summed E-state index contributed by atoms with van der Waals surface area (Å²) in [4.78, 5) is 89.3. The van der Waals surface area contributed by atoms with Crippen LogP contribution in [0, 0.1) is 32.8 Å². The maximum absolute atomic E-state index is 14.3. The van der Waals surface area contributed by atoms with Gasteiger partial charge in [0, 0.05) is 31.6 Å². The van der Waals surface area contributed by atoms with Gasteiger partial charge >= 0.3 is 18.3 Å². The van der Waals surface area contributed by atoms with Crippen molar-refractivity contribution in [3.05, 3.63) is 116 Å². The molecule has 0 bridgehead atoms. The largest absolute Gasteiger partial charge is 0.514 e. The standard InChI is InChI=1S/C48H52F4IN7O10/c1-25(2)41(60-44(63)34(57-26(3)61)15-8-9-21-56-47(66)68-24-33-31-13-6-4-11-29(31)30-12-5-7-14-32(30)33)45(64)59-35(16-10-22-55-46(54)65)43(62)58-28-19-17-27(18-20-28)23-69-48(67)70-42-38(51)36(49)37(50)40(53)39(42)52/h4-7,11-14,17-20,25,33-35,41H,8-10,15-16,21-24H2,1-3H3,(H,56,66)(H,57,61)(H,58,62)(H,59,64)(H,60,63)(H3,54,55,65)/t34-,35-,41-/m0/s1. The number of nitrogens with two attached hydrogens (primary N) is 1. The van der Waals surface area contributed by atoms with Gasteiger partial charge in [-0.15, -0.1) is 0 Å². The first kappa shape index (κ1) is 54.0. The number of carbonyl (C=O) groups is 7. The van der Waals surface area contributed by atoms with Gasteiger partial charge in [0.1, 0.15) is 31.3 Å². The Kier molecular flexibility index (Phi) is 19.7. The fraction of sp³-hybridized carbons (Fsp3) is 0.354. The number of hydrogen-bond donors (Lipinski definition) is 7. The van der Waals surface area contributed by atoms with Gasteiger partial charge in [0.2, 0.25) is 35.2 Å². The van der Waals surface area contributed by atoms with E-state index in [4.69, 9.17) is 15.2 Å². The Bertz CT molecular complexity index is 2500. The van der Waals surface area contributed by atoms with Crippen molar-refractivity contribution < 1.29 is 65.3 Å². The maximum Gasteiger partial charge on any atom is 0.514 e. The monoisotopic (exact) mass is 1090 g/mol. The summed E-state index contributed by atoms with van der Waals surface area (Å²) in [7, 11) is 0. The Morgan fingerprint density at radius 1 is 0.671 bits per heavy atom. The first-order chi connectivity index (χ1) is 33.4. The average molecular weight is 1090 g/mol. The fourth-order valence-corrected chi connectivity index (χ4v) is 7.99. The van der Waals surface area contributed by atoms with Crippen molar-refractivity contribution in [2.45, 2.75) is 83.5 Å². The molecule has 3 atom stereocenters. The normalized spacial score (nSPS) is 12.9. The molecule has 17 nitrogen and oxygen atoms in total. The fourth-order valence-electron chi connectivity index (χ4n) is 7.51. The van der Waals surface area contributed by atoms with Crippen LogP contribution in [0.5, 0.6) is 5.75 Å². The highest BCUT2D eigenvalue weighted by Crippen LogP contribution is 2.44. The Balaban J connectivity index is 1.12.